The van der Waals surface area contributed by atoms with Crippen molar-refractivity contribution in [2.75, 3.05) is 36.4 Å². The zero-order chi connectivity index (χ0) is 21.0. The van der Waals surface area contributed by atoms with Gasteiger partial charge in [0.05, 0.1) is 0 Å². The number of benzene rings is 2. The molecule has 2 aromatic rings. The van der Waals surface area contributed by atoms with E-state index in [1.54, 1.807) is 0 Å². The van der Waals surface area contributed by atoms with Crippen molar-refractivity contribution in [2.45, 2.75) is 33.2 Å². The molecule has 1 aliphatic rings. The minimum absolute atomic E-state index is 0.104. The first kappa shape index (κ1) is 20.7. The zero-order valence-corrected chi connectivity index (χ0v) is 17.7. The monoisotopic (exact) mass is 394 g/mol. The van der Waals surface area contributed by atoms with Crippen LogP contribution in [0.25, 0.3) is 0 Å². The predicted molar refractivity (Wildman–Crippen MR) is 118 cm³/mol. The Morgan fingerprint density at radius 2 is 1.52 bits per heavy atom. The van der Waals surface area contributed by atoms with Crippen LogP contribution in [-0.2, 0) is 0 Å². The second-order valence-corrected chi connectivity index (χ2v) is 8.47. The number of anilines is 2. The summed E-state index contributed by atoms with van der Waals surface area (Å²) in [4.78, 5) is 28.9. The van der Waals surface area contributed by atoms with E-state index in [1.807, 2.05) is 81.1 Å². The number of piperazine rings is 1. The lowest BCUT2D eigenvalue weighted by Crippen LogP contribution is -2.48. The van der Waals surface area contributed by atoms with E-state index in [9.17, 15) is 9.59 Å². The van der Waals surface area contributed by atoms with Crippen LogP contribution in [0.2, 0.25) is 0 Å². The van der Waals surface area contributed by atoms with Gasteiger partial charge in [-0.05, 0) is 63.6 Å². The molecule has 2 N–H and O–H groups in total. The summed E-state index contributed by atoms with van der Waals surface area (Å²) in [5.41, 5.74) is 3.36. The van der Waals surface area contributed by atoms with Crippen LogP contribution in [0.1, 0.15) is 36.7 Å². The molecule has 29 heavy (non-hydrogen) atoms. The predicted octanol–water partition coefficient (Wildman–Crippen LogP) is 3.88. The Balaban J connectivity index is 1.55. The molecule has 1 saturated heterocycles. The van der Waals surface area contributed by atoms with Crippen molar-refractivity contribution in [3.63, 3.8) is 0 Å². The van der Waals surface area contributed by atoms with Crippen LogP contribution in [0.15, 0.2) is 48.5 Å². The highest BCUT2D eigenvalue weighted by Gasteiger charge is 2.23. The van der Waals surface area contributed by atoms with Crippen LogP contribution in [0, 0.1) is 6.92 Å². The van der Waals surface area contributed by atoms with Crippen LogP contribution >= 0.6 is 0 Å². The van der Waals surface area contributed by atoms with Gasteiger partial charge in [0.25, 0.3) is 5.91 Å². The second-order valence-electron chi connectivity index (χ2n) is 8.47. The third-order valence-electron chi connectivity index (χ3n) is 4.92. The summed E-state index contributed by atoms with van der Waals surface area (Å²) in [7, 11) is 0. The van der Waals surface area contributed by atoms with Gasteiger partial charge in [-0.2, -0.15) is 0 Å². The minimum Gasteiger partial charge on any atom is -0.368 e. The number of aryl methyl sites for hydroxylation is 1. The van der Waals surface area contributed by atoms with Gasteiger partial charge in [0, 0.05) is 48.7 Å². The van der Waals surface area contributed by atoms with Gasteiger partial charge in [-0.15, -0.1) is 0 Å². The average molecular weight is 395 g/mol. The highest BCUT2D eigenvalue weighted by Crippen LogP contribution is 2.21. The molecular weight excluding hydrogens is 364 g/mol. The van der Waals surface area contributed by atoms with Crippen LogP contribution in [0.3, 0.4) is 0 Å². The van der Waals surface area contributed by atoms with Crippen molar-refractivity contribution in [1.29, 1.82) is 0 Å². The number of rotatable bonds is 3. The maximum Gasteiger partial charge on any atom is 0.319 e. The molecule has 0 saturated carbocycles. The summed E-state index contributed by atoms with van der Waals surface area (Å²) in [6.07, 6.45) is 0. The smallest absolute Gasteiger partial charge is 0.319 e. The molecule has 154 valence electrons. The molecule has 3 rings (SSSR count). The summed E-state index contributed by atoms with van der Waals surface area (Å²) >= 11 is 0. The Kier molecular flexibility index (Phi) is 6.11. The Morgan fingerprint density at radius 3 is 2.10 bits per heavy atom. The summed E-state index contributed by atoms with van der Waals surface area (Å²) in [6, 6.07) is 15.3. The first-order chi connectivity index (χ1) is 13.7. The maximum absolute atomic E-state index is 12.8. The van der Waals surface area contributed by atoms with Crippen molar-refractivity contribution in [1.82, 2.24) is 10.2 Å². The number of nitrogens with one attached hydrogen (secondary N) is 2. The first-order valence-corrected chi connectivity index (χ1v) is 10.0. The lowest BCUT2D eigenvalue weighted by atomic mass is 10.1. The Bertz CT molecular complexity index is 863. The molecule has 1 heterocycles. The van der Waals surface area contributed by atoms with Crippen molar-refractivity contribution in [2.24, 2.45) is 0 Å². The summed E-state index contributed by atoms with van der Waals surface area (Å²) in [6.45, 7) is 10.8. The van der Waals surface area contributed by atoms with Crippen molar-refractivity contribution >= 4 is 23.3 Å². The quantitative estimate of drug-likeness (QED) is 0.830. The van der Waals surface area contributed by atoms with E-state index in [-0.39, 0.29) is 17.5 Å². The highest BCUT2D eigenvalue weighted by atomic mass is 16.2. The SMILES string of the molecule is Cc1ccccc1C(=O)N1CCN(c2ccc(NC(=O)NC(C)(C)C)cc2)CC1. The number of carbonyl (C=O) groups is 2. The van der Waals surface area contributed by atoms with E-state index in [2.05, 4.69) is 15.5 Å². The van der Waals surface area contributed by atoms with Gasteiger partial charge < -0.3 is 20.4 Å². The molecule has 6 nitrogen and oxygen atoms in total. The van der Waals surface area contributed by atoms with Gasteiger partial charge in [-0.25, -0.2) is 4.79 Å². The number of amides is 3. The van der Waals surface area contributed by atoms with E-state index >= 15 is 0 Å². The number of nitrogens with zero attached hydrogens (tertiary/aromatic N) is 2. The van der Waals surface area contributed by atoms with E-state index in [4.69, 9.17) is 0 Å². The fourth-order valence-electron chi connectivity index (χ4n) is 3.41. The van der Waals surface area contributed by atoms with Crippen molar-refractivity contribution in [3.8, 4) is 0 Å². The average Bonchev–Trinajstić information content (AvgIpc) is 2.67. The highest BCUT2D eigenvalue weighted by molar-refractivity contribution is 5.95. The molecule has 0 spiro atoms. The largest absolute Gasteiger partial charge is 0.368 e. The molecule has 0 unspecified atom stereocenters. The van der Waals surface area contributed by atoms with Gasteiger partial charge in [-0.3, -0.25) is 4.79 Å². The van der Waals surface area contributed by atoms with Gasteiger partial charge in [0.15, 0.2) is 0 Å². The standard InChI is InChI=1S/C23H30N4O2/c1-17-7-5-6-8-20(17)21(28)27-15-13-26(14-16-27)19-11-9-18(10-12-19)24-22(29)25-23(2,3)4/h5-12H,13-16H2,1-4H3,(H2,24,25,29). The minimum atomic E-state index is -0.278. The lowest BCUT2D eigenvalue weighted by Gasteiger charge is -2.36. The molecular formula is C23H30N4O2. The van der Waals surface area contributed by atoms with Crippen LogP contribution < -0.4 is 15.5 Å². The van der Waals surface area contributed by atoms with E-state index in [1.165, 1.54) is 0 Å². The van der Waals surface area contributed by atoms with Gasteiger partial charge in [-0.1, -0.05) is 18.2 Å². The third kappa shape index (κ3) is 5.50. The Hall–Kier alpha value is -3.02. The fourth-order valence-corrected chi connectivity index (χ4v) is 3.41. The molecule has 0 atom stereocenters. The molecule has 0 aromatic heterocycles. The maximum atomic E-state index is 12.8. The van der Waals surface area contributed by atoms with Crippen LogP contribution in [-0.4, -0.2) is 48.6 Å². The third-order valence-corrected chi connectivity index (χ3v) is 4.92. The van der Waals surface area contributed by atoms with Crippen molar-refractivity contribution < 1.29 is 9.59 Å². The normalized spacial score (nSPS) is 14.5. The van der Waals surface area contributed by atoms with E-state index < -0.39 is 0 Å². The Morgan fingerprint density at radius 1 is 0.897 bits per heavy atom. The van der Waals surface area contributed by atoms with Crippen LogP contribution in [0.5, 0.6) is 0 Å². The number of hydrogen-bond donors (Lipinski definition) is 2. The lowest BCUT2D eigenvalue weighted by molar-refractivity contribution is 0.0746. The molecule has 0 bridgehead atoms. The number of hydrogen-bond acceptors (Lipinski definition) is 3. The Labute approximate surface area is 172 Å². The molecule has 1 aliphatic heterocycles. The summed E-state index contributed by atoms with van der Waals surface area (Å²) < 4.78 is 0. The first-order valence-electron chi connectivity index (χ1n) is 10.0. The van der Waals surface area contributed by atoms with Crippen LogP contribution in [0.4, 0.5) is 16.2 Å². The molecule has 3 amide bonds. The topological polar surface area (TPSA) is 64.7 Å². The fraction of sp³-hybridized carbons (Fsp3) is 0.391. The van der Waals surface area contributed by atoms with Gasteiger partial charge in [0.1, 0.15) is 0 Å². The summed E-state index contributed by atoms with van der Waals surface area (Å²) in [5.74, 6) is 0.104. The number of carbonyl (C=O) groups excluding carboxylic acids is 2. The molecule has 0 aliphatic carbocycles. The van der Waals surface area contributed by atoms with Gasteiger partial charge >= 0.3 is 6.03 Å². The number of urea groups is 1. The van der Waals surface area contributed by atoms with Gasteiger partial charge in [0.2, 0.25) is 0 Å². The molecule has 0 radical (unpaired) electrons. The molecule has 2 aromatic carbocycles. The van der Waals surface area contributed by atoms with E-state index in [0.717, 1.165) is 35.6 Å². The van der Waals surface area contributed by atoms with E-state index in [0.29, 0.717) is 13.1 Å². The summed E-state index contributed by atoms with van der Waals surface area (Å²) in [5, 5.41) is 5.73. The second kappa shape index (κ2) is 8.55. The van der Waals surface area contributed by atoms with Crippen molar-refractivity contribution in [3.05, 3.63) is 59.7 Å². The molecule has 6 heteroatoms. The zero-order valence-electron chi connectivity index (χ0n) is 17.7. The molecule has 1 fully saturated rings.